The highest BCUT2D eigenvalue weighted by Gasteiger charge is 2.14. The van der Waals surface area contributed by atoms with E-state index >= 15 is 0 Å². The summed E-state index contributed by atoms with van der Waals surface area (Å²) in [4.78, 5) is -0.437. The summed E-state index contributed by atoms with van der Waals surface area (Å²) in [6.45, 7) is 0. The van der Waals surface area contributed by atoms with Crippen molar-refractivity contribution in [3.63, 3.8) is 0 Å². The lowest BCUT2D eigenvalue weighted by Gasteiger charge is -2.13. The molecule has 0 unspecified atom stereocenters. The molecule has 6 nitrogen and oxygen atoms in total. The van der Waals surface area contributed by atoms with E-state index in [0.29, 0.717) is 5.69 Å². The Hall–Kier alpha value is -2.77. The number of benzene rings is 3. The first-order chi connectivity index (χ1) is 11.0. The van der Waals surface area contributed by atoms with Crippen LogP contribution in [0.2, 0.25) is 0 Å². The van der Waals surface area contributed by atoms with Gasteiger partial charge in [-0.15, -0.1) is 5.11 Å². The van der Waals surface area contributed by atoms with Crippen molar-refractivity contribution >= 4 is 32.3 Å². The van der Waals surface area contributed by atoms with E-state index in [2.05, 4.69) is 10.2 Å². The smallest absolute Gasteiger partial charge is 0.150 e. The molecule has 3 aromatic rings. The van der Waals surface area contributed by atoms with Crippen LogP contribution in [-0.4, -0.2) is 18.1 Å². The maximum atomic E-state index is 11.5. The lowest BCUT2D eigenvalue weighted by Crippen LogP contribution is -1.99. The first-order valence-electron chi connectivity index (χ1n) is 6.64. The van der Waals surface area contributed by atoms with Gasteiger partial charge in [0.15, 0.2) is 5.75 Å². The predicted octanol–water partition coefficient (Wildman–Crippen LogP) is 3.86. The van der Waals surface area contributed by atoms with E-state index in [1.807, 2.05) is 6.07 Å². The van der Waals surface area contributed by atoms with E-state index in [9.17, 15) is 18.1 Å². The lowest BCUT2D eigenvalue weighted by molar-refractivity contribution is 0.463. The van der Waals surface area contributed by atoms with Crippen molar-refractivity contribution in [3.05, 3.63) is 60.7 Å². The third-order valence-electron chi connectivity index (χ3n) is 3.26. The third kappa shape index (κ3) is 3.05. The second-order valence-corrected chi connectivity index (χ2v) is 6.13. The molecule has 3 aromatic carbocycles. The van der Waals surface area contributed by atoms with Crippen LogP contribution in [-0.2, 0) is 10.1 Å². The second kappa shape index (κ2) is 5.79. The van der Waals surface area contributed by atoms with E-state index in [1.54, 1.807) is 36.4 Å². The number of aromatic hydroxyl groups is 1. The first kappa shape index (κ1) is 15.1. The second-order valence-electron chi connectivity index (χ2n) is 4.78. The minimum Gasteiger partial charge on any atom is -0.744 e. The SMILES string of the molecule is O=S(=O)([O-])c1cc(N=Nc2ccccc2)c(O)c2ccccc12. The molecule has 0 saturated carbocycles. The average molecular weight is 327 g/mol. The quantitative estimate of drug-likeness (QED) is 0.582. The van der Waals surface area contributed by atoms with Gasteiger partial charge in [-0.3, -0.25) is 0 Å². The zero-order valence-electron chi connectivity index (χ0n) is 11.7. The third-order valence-corrected chi connectivity index (χ3v) is 4.13. The van der Waals surface area contributed by atoms with Gasteiger partial charge in [-0.1, -0.05) is 42.5 Å². The molecule has 0 spiro atoms. The number of nitrogens with zero attached hydrogens (tertiary/aromatic N) is 2. The molecule has 0 amide bonds. The Bertz CT molecular complexity index is 999. The van der Waals surface area contributed by atoms with E-state index in [4.69, 9.17) is 0 Å². The maximum Gasteiger partial charge on any atom is 0.150 e. The average Bonchev–Trinajstić information content (AvgIpc) is 2.54. The molecule has 23 heavy (non-hydrogen) atoms. The van der Waals surface area contributed by atoms with Gasteiger partial charge in [0.05, 0.1) is 10.6 Å². The molecule has 0 bridgehead atoms. The van der Waals surface area contributed by atoms with Crippen LogP contribution in [0.3, 0.4) is 0 Å². The summed E-state index contributed by atoms with van der Waals surface area (Å²) >= 11 is 0. The van der Waals surface area contributed by atoms with Gasteiger partial charge in [0, 0.05) is 10.8 Å². The van der Waals surface area contributed by atoms with Crippen molar-refractivity contribution in [2.45, 2.75) is 4.90 Å². The Morgan fingerprint density at radius 1 is 0.870 bits per heavy atom. The van der Waals surface area contributed by atoms with Crippen LogP contribution < -0.4 is 0 Å². The molecular formula is C16H11N2O4S-. The highest BCUT2D eigenvalue weighted by molar-refractivity contribution is 7.86. The van der Waals surface area contributed by atoms with Crippen molar-refractivity contribution in [1.29, 1.82) is 0 Å². The molecule has 1 N–H and O–H groups in total. The number of hydrogen-bond donors (Lipinski definition) is 1. The molecule has 0 saturated heterocycles. The molecule has 0 aromatic heterocycles. The zero-order chi connectivity index (χ0) is 16.4. The molecule has 0 heterocycles. The van der Waals surface area contributed by atoms with Gasteiger partial charge in [-0.2, -0.15) is 5.11 Å². The summed E-state index contributed by atoms with van der Waals surface area (Å²) in [5, 5.41) is 18.5. The molecular weight excluding hydrogens is 316 g/mol. The van der Waals surface area contributed by atoms with Gasteiger partial charge >= 0.3 is 0 Å². The number of fused-ring (bicyclic) bond motifs is 1. The van der Waals surface area contributed by atoms with Crippen molar-refractivity contribution in [2.24, 2.45) is 10.2 Å². The van der Waals surface area contributed by atoms with Crippen LogP contribution in [0.4, 0.5) is 11.4 Å². The van der Waals surface area contributed by atoms with Crippen molar-refractivity contribution in [2.75, 3.05) is 0 Å². The monoisotopic (exact) mass is 327 g/mol. The summed E-state index contributed by atoms with van der Waals surface area (Å²) in [6.07, 6.45) is 0. The summed E-state index contributed by atoms with van der Waals surface area (Å²) < 4.78 is 34.4. The van der Waals surface area contributed by atoms with Crippen molar-refractivity contribution in [1.82, 2.24) is 0 Å². The number of hydrogen-bond acceptors (Lipinski definition) is 6. The minimum absolute atomic E-state index is 0.0815. The molecule has 0 fully saturated rings. The number of phenols is 1. The Labute approximate surface area is 132 Å². The van der Waals surface area contributed by atoms with Crippen LogP contribution in [0.1, 0.15) is 0 Å². The molecule has 0 radical (unpaired) electrons. The topological polar surface area (TPSA) is 102 Å². The standard InChI is InChI=1S/C16H12N2O4S/c19-16-13-9-5-4-8-12(13)15(23(20,21)22)10-14(16)18-17-11-6-2-1-3-7-11/h1-10,19H,(H,20,21,22)/p-1. The van der Waals surface area contributed by atoms with Crippen LogP contribution in [0.5, 0.6) is 5.75 Å². The molecule has 0 aliphatic carbocycles. The molecule has 7 heteroatoms. The van der Waals surface area contributed by atoms with Crippen LogP contribution >= 0.6 is 0 Å². The van der Waals surface area contributed by atoms with Crippen molar-refractivity contribution < 1.29 is 18.1 Å². The van der Waals surface area contributed by atoms with E-state index < -0.39 is 15.0 Å². The van der Waals surface area contributed by atoms with Crippen LogP contribution in [0.25, 0.3) is 10.8 Å². The maximum absolute atomic E-state index is 11.5. The summed E-state index contributed by atoms with van der Waals surface area (Å²) in [5.74, 6) is -0.229. The number of azo groups is 1. The molecule has 0 aliphatic heterocycles. The van der Waals surface area contributed by atoms with Gasteiger partial charge in [0.1, 0.15) is 15.8 Å². The largest absolute Gasteiger partial charge is 0.744 e. The highest BCUT2D eigenvalue weighted by Crippen LogP contribution is 2.39. The van der Waals surface area contributed by atoms with Gasteiger partial charge in [-0.05, 0) is 18.2 Å². The fraction of sp³-hybridized carbons (Fsp3) is 0. The fourth-order valence-electron chi connectivity index (χ4n) is 2.20. The van der Waals surface area contributed by atoms with Crippen molar-refractivity contribution in [3.8, 4) is 5.75 Å². The molecule has 0 atom stereocenters. The Balaban J connectivity index is 2.22. The van der Waals surface area contributed by atoms with Gasteiger partial charge in [-0.25, -0.2) is 8.42 Å². The number of phenolic OH excluding ortho intramolecular Hbond substituents is 1. The van der Waals surface area contributed by atoms with Gasteiger partial charge in [0.25, 0.3) is 0 Å². The normalized spacial score (nSPS) is 12.0. The molecule has 0 aliphatic rings. The molecule has 116 valence electrons. The zero-order valence-corrected chi connectivity index (χ0v) is 12.6. The molecule has 3 rings (SSSR count). The van der Waals surface area contributed by atoms with E-state index in [1.165, 1.54) is 12.1 Å². The van der Waals surface area contributed by atoms with Crippen LogP contribution in [0.15, 0.2) is 75.8 Å². The first-order valence-corrected chi connectivity index (χ1v) is 8.05. The van der Waals surface area contributed by atoms with Gasteiger partial charge in [0.2, 0.25) is 0 Å². The minimum atomic E-state index is -4.71. The van der Waals surface area contributed by atoms with Crippen LogP contribution in [0, 0.1) is 0 Å². The van der Waals surface area contributed by atoms with E-state index in [-0.39, 0.29) is 22.2 Å². The Kier molecular flexibility index (Phi) is 3.81. The summed E-state index contributed by atoms with van der Waals surface area (Å²) in [6, 6.07) is 16.0. The fourth-order valence-corrected chi connectivity index (χ4v) is 2.91. The lowest BCUT2D eigenvalue weighted by atomic mass is 10.1. The Morgan fingerprint density at radius 2 is 1.48 bits per heavy atom. The number of rotatable bonds is 3. The van der Waals surface area contributed by atoms with Gasteiger partial charge < -0.3 is 9.66 Å². The summed E-state index contributed by atoms with van der Waals surface area (Å²) in [5.41, 5.74) is 0.452. The predicted molar refractivity (Wildman–Crippen MR) is 84.2 cm³/mol. The highest BCUT2D eigenvalue weighted by atomic mass is 32.2. The Morgan fingerprint density at radius 3 is 2.13 bits per heavy atom. The van der Waals surface area contributed by atoms with E-state index in [0.717, 1.165) is 6.07 Å². The summed E-state index contributed by atoms with van der Waals surface area (Å²) in [7, 11) is -4.71.